The molecular formula is C14H12N4O3. The summed E-state index contributed by atoms with van der Waals surface area (Å²) in [6.07, 6.45) is 1.47. The van der Waals surface area contributed by atoms with Gasteiger partial charge in [0.2, 0.25) is 5.88 Å². The van der Waals surface area contributed by atoms with Gasteiger partial charge in [-0.3, -0.25) is 0 Å². The lowest BCUT2D eigenvalue weighted by atomic mass is 10.2. The standard InChI is InChI=1S/C14H12N4O3/c1-2-20-14(19)10-7-8-16-13(9-10)21-12-5-3-11(4-6-12)17-18-15/h3-9H,2H2,1H3. The van der Waals surface area contributed by atoms with E-state index in [2.05, 4.69) is 15.0 Å². The maximum atomic E-state index is 11.6. The molecule has 0 radical (unpaired) electrons. The molecule has 7 nitrogen and oxygen atoms in total. The van der Waals surface area contributed by atoms with E-state index in [1.54, 1.807) is 37.3 Å². The third-order valence-electron chi connectivity index (χ3n) is 2.47. The first kappa shape index (κ1) is 14.4. The normalized spacial score (nSPS) is 9.57. The molecule has 0 fully saturated rings. The monoisotopic (exact) mass is 284 g/mol. The molecule has 106 valence electrons. The number of ether oxygens (including phenoxy) is 2. The van der Waals surface area contributed by atoms with Crippen LogP contribution in [-0.2, 0) is 4.74 Å². The van der Waals surface area contributed by atoms with Gasteiger partial charge in [-0.1, -0.05) is 5.11 Å². The Morgan fingerprint density at radius 3 is 2.76 bits per heavy atom. The second-order valence-corrected chi connectivity index (χ2v) is 3.89. The molecule has 0 aliphatic heterocycles. The largest absolute Gasteiger partial charge is 0.462 e. The van der Waals surface area contributed by atoms with Gasteiger partial charge in [-0.2, -0.15) is 0 Å². The van der Waals surface area contributed by atoms with Crippen LogP contribution in [0.4, 0.5) is 5.69 Å². The minimum atomic E-state index is -0.427. The number of benzene rings is 1. The molecule has 0 aliphatic rings. The second kappa shape index (κ2) is 6.93. The highest BCUT2D eigenvalue weighted by Gasteiger charge is 2.08. The van der Waals surface area contributed by atoms with Crippen LogP contribution in [0.1, 0.15) is 17.3 Å². The molecule has 1 aromatic carbocycles. The Kier molecular flexibility index (Phi) is 4.74. The molecule has 2 aromatic rings. The number of hydrogen-bond acceptors (Lipinski definition) is 5. The first-order valence-electron chi connectivity index (χ1n) is 6.19. The topological polar surface area (TPSA) is 97.2 Å². The van der Waals surface area contributed by atoms with Crippen molar-refractivity contribution in [2.75, 3.05) is 6.61 Å². The zero-order valence-corrected chi connectivity index (χ0v) is 11.3. The highest BCUT2D eigenvalue weighted by molar-refractivity contribution is 5.89. The van der Waals surface area contributed by atoms with Gasteiger partial charge >= 0.3 is 5.97 Å². The molecule has 0 atom stereocenters. The van der Waals surface area contributed by atoms with E-state index in [9.17, 15) is 4.79 Å². The molecule has 0 unspecified atom stereocenters. The lowest BCUT2D eigenvalue weighted by Gasteiger charge is -2.06. The minimum Gasteiger partial charge on any atom is -0.462 e. The fraction of sp³-hybridized carbons (Fsp3) is 0.143. The fourth-order valence-corrected chi connectivity index (χ4v) is 1.56. The Balaban J connectivity index is 2.14. The van der Waals surface area contributed by atoms with Crippen molar-refractivity contribution in [1.29, 1.82) is 0 Å². The minimum absolute atomic E-state index is 0.275. The van der Waals surface area contributed by atoms with Crippen LogP contribution in [0.25, 0.3) is 10.4 Å². The molecule has 1 heterocycles. The summed E-state index contributed by atoms with van der Waals surface area (Å²) in [5, 5.41) is 3.46. The van der Waals surface area contributed by atoms with Crippen LogP contribution in [0.15, 0.2) is 47.7 Å². The molecule has 2 rings (SSSR count). The van der Waals surface area contributed by atoms with E-state index in [0.29, 0.717) is 23.6 Å². The van der Waals surface area contributed by atoms with Crippen molar-refractivity contribution in [3.63, 3.8) is 0 Å². The van der Waals surface area contributed by atoms with Gasteiger partial charge in [0, 0.05) is 22.9 Å². The molecule has 1 aromatic heterocycles. The SMILES string of the molecule is CCOC(=O)c1ccnc(Oc2ccc(N=[N+]=[N-])cc2)c1. The molecular weight excluding hydrogens is 272 g/mol. The second-order valence-electron chi connectivity index (χ2n) is 3.89. The van der Waals surface area contributed by atoms with Crippen LogP contribution in [0, 0.1) is 0 Å². The van der Waals surface area contributed by atoms with Crippen molar-refractivity contribution < 1.29 is 14.3 Å². The molecule has 21 heavy (non-hydrogen) atoms. The van der Waals surface area contributed by atoms with Gasteiger partial charge < -0.3 is 9.47 Å². The zero-order valence-electron chi connectivity index (χ0n) is 11.3. The molecule has 7 heteroatoms. The van der Waals surface area contributed by atoms with E-state index in [0.717, 1.165) is 0 Å². The zero-order chi connectivity index (χ0) is 15.1. The van der Waals surface area contributed by atoms with E-state index in [1.807, 2.05) is 0 Å². The van der Waals surface area contributed by atoms with E-state index in [1.165, 1.54) is 12.3 Å². The highest BCUT2D eigenvalue weighted by Crippen LogP contribution is 2.23. The number of hydrogen-bond donors (Lipinski definition) is 0. The van der Waals surface area contributed by atoms with Gasteiger partial charge in [-0.05, 0) is 42.8 Å². The van der Waals surface area contributed by atoms with Crippen molar-refractivity contribution in [2.45, 2.75) is 6.92 Å². The number of aromatic nitrogens is 1. The Bertz CT molecular complexity index is 679. The number of carbonyl (C=O) groups is 1. The van der Waals surface area contributed by atoms with E-state index >= 15 is 0 Å². The average molecular weight is 284 g/mol. The Morgan fingerprint density at radius 2 is 2.10 bits per heavy atom. The van der Waals surface area contributed by atoms with Crippen molar-refractivity contribution in [1.82, 2.24) is 4.98 Å². The molecule has 0 amide bonds. The van der Waals surface area contributed by atoms with Gasteiger partial charge in [0.15, 0.2) is 0 Å². The Hall–Kier alpha value is -3.05. The van der Waals surface area contributed by atoms with Crippen LogP contribution < -0.4 is 4.74 Å². The maximum absolute atomic E-state index is 11.6. The van der Waals surface area contributed by atoms with Crippen LogP contribution in [-0.4, -0.2) is 17.6 Å². The maximum Gasteiger partial charge on any atom is 0.338 e. The smallest absolute Gasteiger partial charge is 0.338 e. The van der Waals surface area contributed by atoms with Gasteiger partial charge in [-0.15, -0.1) is 0 Å². The summed E-state index contributed by atoms with van der Waals surface area (Å²) < 4.78 is 10.4. The predicted molar refractivity (Wildman–Crippen MR) is 75.5 cm³/mol. The van der Waals surface area contributed by atoms with Crippen LogP contribution >= 0.6 is 0 Å². The van der Waals surface area contributed by atoms with E-state index in [-0.39, 0.29) is 5.88 Å². The van der Waals surface area contributed by atoms with E-state index in [4.69, 9.17) is 15.0 Å². The lowest BCUT2D eigenvalue weighted by molar-refractivity contribution is 0.0526. The Labute approximate surface area is 120 Å². The quantitative estimate of drug-likeness (QED) is 0.358. The summed E-state index contributed by atoms with van der Waals surface area (Å²) in [6, 6.07) is 9.56. The van der Waals surface area contributed by atoms with Crippen molar-refractivity contribution in [3.8, 4) is 11.6 Å². The van der Waals surface area contributed by atoms with Crippen LogP contribution in [0.5, 0.6) is 11.6 Å². The summed E-state index contributed by atoms with van der Waals surface area (Å²) in [7, 11) is 0. The number of azide groups is 1. The van der Waals surface area contributed by atoms with Crippen molar-refractivity contribution in [2.24, 2.45) is 5.11 Å². The molecule has 0 bridgehead atoms. The van der Waals surface area contributed by atoms with Gasteiger partial charge in [0.25, 0.3) is 0 Å². The molecule has 0 saturated carbocycles. The first-order valence-corrected chi connectivity index (χ1v) is 6.19. The third kappa shape index (κ3) is 3.95. The average Bonchev–Trinajstić information content (AvgIpc) is 2.50. The number of nitrogens with zero attached hydrogens (tertiary/aromatic N) is 4. The van der Waals surface area contributed by atoms with Gasteiger partial charge in [-0.25, -0.2) is 9.78 Å². The Morgan fingerprint density at radius 1 is 1.33 bits per heavy atom. The third-order valence-corrected chi connectivity index (χ3v) is 2.47. The molecule has 0 N–H and O–H groups in total. The van der Waals surface area contributed by atoms with E-state index < -0.39 is 5.97 Å². The van der Waals surface area contributed by atoms with Crippen molar-refractivity contribution >= 4 is 11.7 Å². The van der Waals surface area contributed by atoms with Crippen molar-refractivity contribution in [3.05, 3.63) is 58.6 Å². The van der Waals surface area contributed by atoms with Crippen LogP contribution in [0.2, 0.25) is 0 Å². The summed E-state index contributed by atoms with van der Waals surface area (Å²) in [6.45, 7) is 2.04. The summed E-state index contributed by atoms with van der Waals surface area (Å²) >= 11 is 0. The molecule has 0 saturated heterocycles. The number of esters is 1. The number of pyridine rings is 1. The van der Waals surface area contributed by atoms with Crippen LogP contribution in [0.3, 0.4) is 0 Å². The molecule has 0 spiro atoms. The summed E-state index contributed by atoms with van der Waals surface area (Å²) in [4.78, 5) is 18.3. The first-order chi connectivity index (χ1) is 10.2. The summed E-state index contributed by atoms with van der Waals surface area (Å²) in [5.74, 6) is 0.362. The van der Waals surface area contributed by atoms with Gasteiger partial charge in [0.05, 0.1) is 12.2 Å². The fourth-order valence-electron chi connectivity index (χ4n) is 1.56. The predicted octanol–water partition coefficient (Wildman–Crippen LogP) is 3.99. The number of rotatable bonds is 5. The summed E-state index contributed by atoms with van der Waals surface area (Å²) in [5.41, 5.74) is 9.18. The number of carbonyl (C=O) groups excluding carboxylic acids is 1. The van der Waals surface area contributed by atoms with Gasteiger partial charge in [0.1, 0.15) is 5.75 Å². The highest BCUT2D eigenvalue weighted by atomic mass is 16.5. The molecule has 0 aliphatic carbocycles. The lowest BCUT2D eigenvalue weighted by Crippen LogP contribution is -2.04.